The molecule has 10 heteroatoms. The molecule has 0 radical (unpaired) electrons. The Morgan fingerprint density at radius 2 is 1.97 bits per heavy atom. The Morgan fingerprint density at radius 3 is 2.72 bits per heavy atom. The number of hydrogen-bond acceptors (Lipinski definition) is 10. The molecular formula is C19H15N3O5S2. The number of nitrogens with zero attached hydrogens (tertiary/aromatic N) is 3. The van der Waals surface area contributed by atoms with Crippen LogP contribution in [0.2, 0.25) is 0 Å². The van der Waals surface area contributed by atoms with Crippen LogP contribution in [0.25, 0.3) is 21.3 Å². The maximum atomic E-state index is 12.2. The molecule has 0 atom stereocenters. The lowest BCUT2D eigenvalue weighted by molar-refractivity contribution is 0.0424. The number of benzene rings is 1. The number of methoxy groups -OCH3 is 2. The molecule has 8 nitrogen and oxygen atoms in total. The van der Waals surface area contributed by atoms with E-state index in [2.05, 4.69) is 15.1 Å². The molecule has 0 fully saturated rings. The first-order valence-electron chi connectivity index (χ1n) is 8.39. The number of aromatic nitrogens is 3. The van der Waals surface area contributed by atoms with Crippen molar-refractivity contribution in [1.82, 2.24) is 15.1 Å². The molecule has 0 aliphatic rings. The molecule has 0 amide bonds. The molecule has 3 aromatic heterocycles. The van der Waals surface area contributed by atoms with Crippen molar-refractivity contribution in [1.29, 1.82) is 0 Å². The summed E-state index contributed by atoms with van der Waals surface area (Å²) in [4.78, 5) is 21.8. The maximum absolute atomic E-state index is 12.2. The maximum Gasteiger partial charge on any atom is 0.358 e. The van der Waals surface area contributed by atoms with Crippen molar-refractivity contribution in [3.63, 3.8) is 0 Å². The third-order valence-corrected chi connectivity index (χ3v) is 5.76. The summed E-state index contributed by atoms with van der Waals surface area (Å²) in [6, 6.07) is 9.15. The lowest BCUT2D eigenvalue weighted by Crippen LogP contribution is -2.05. The molecule has 148 valence electrons. The van der Waals surface area contributed by atoms with Gasteiger partial charge in [-0.15, -0.1) is 22.7 Å². The van der Waals surface area contributed by atoms with Crippen LogP contribution in [0.5, 0.6) is 11.5 Å². The first kappa shape index (κ1) is 19.1. The second kappa shape index (κ2) is 8.41. The molecule has 0 saturated carbocycles. The summed E-state index contributed by atoms with van der Waals surface area (Å²) in [6.45, 7) is -0.148. The first-order valence-corrected chi connectivity index (χ1v) is 10.2. The molecule has 3 heterocycles. The van der Waals surface area contributed by atoms with Gasteiger partial charge < -0.3 is 18.7 Å². The predicted octanol–water partition coefficient (Wildman–Crippen LogP) is 4.30. The van der Waals surface area contributed by atoms with E-state index in [0.717, 1.165) is 9.88 Å². The Kier molecular flexibility index (Phi) is 5.54. The molecule has 29 heavy (non-hydrogen) atoms. The fraction of sp³-hybridized carbons (Fsp3) is 0.158. The third kappa shape index (κ3) is 4.13. The highest BCUT2D eigenvalue weighted by atomic mass is 32.1. The molecule has 0 bridgehead atoms. The first-order chi connectivity index (χ1) is 14.2. The number of thiazole rings is 1. The Labute approximate surface area is 173 Å². The lowest BCUT2D eigenvalue weighted by Gasteiger charge is -2.07. The lowest BCUT2D eigenvalue weighted by atomic mass is 10.2. The summed E-state index contributed by atoms with van der Waals surface area (Å²) < 4.78 is 20.9. The van der Waals surface area contributed by atoms with E-state index in [0.29, 0.717) is 22.9 Å². The molecule has 0 spiro atoms. The van der Waals surface area contributed by atoms with E-state index >= 15 is 0 Å². The minimum Gasteiger partial charge on any atom is -0.493 e. The van der Waals surface area contributed by atoms with Crippen molar-refractivity contribution in [3.05, 3.63) is 52.7 Å². The van der Waals surface area contributed by atoms with Gasteiger partial charge in [0.25, 0.3) is 5.89 Å². The van der Waals surface area contributed by atoms with Crippen molar-refractivity contribution < 1.29 is 23.5 Å². The van der Waals surface area contributed by atoms with Crippen LogP contribution in [0.1, 0.15) is 16.4 Å². The predicted molar refractivity (Wildman–Crippen MR) is 107 cm³/mol. The number of ether oxygens (including phenoxy) is 3. The molecule has 0 N–H and O–H groups in total. The van der Waals surface area contributed by atoms with Gasteiger partial charge in [-0.2, -0.15) is 4.98 Å². The standard InChI is InChI=1S/C19H15N3O5S2/c1-24-13-6-5-11(8-14(13)25-2)17-21-16(27-22-17)9-26-19(23)12-10-29-18(20-12)15-4-3-7-28-15/h3-8,10H,9H2,1-2H3. The number of hydrogen-bond donors (Lipinski definition) is 0. The summed E-state index contributed by atoms with van der Waals surface area (Å²) in [7, 11) is 3.11. The molecule has 0 aliphatic carbocycles. The van der Waals surface area contributed by atoms with Gasteiger partial charge in [-0.25, -0.2) is 9.78 Å². The molecule has 0 unspecified atom stereocenters. The van der Waals surface area contributed by atoms with E-state index in [4.69, 9.17) is 18.7 Å². The van der Waals surface area contributed by atoms with Gasteiger partial charge in [-0.05, 0) is 29.6 Å². The van der Waals surface area contributed by atoms with Crippen LogP contribution < -0.4 is 9.47 Å². The third-order valence-electron chi connectivity index (χ3n) is 3.88. The fourth-order valence-corrected chi connectivity index (χ4v) is 4.09. The highest BCUT2D eigenvalue weighted by Gasteiger charge is 2.17. The summed E-state index contributed by atoms with van der Waals surface area (Å²) >= 11 is 2.95. The Balaban J connectivity index is 1.41. The van der Waals surface area contributed by atoms with Crippen LogP contribution in [0.4, 0.5) is 0 Å². The van der Waals surface area contributed by atoms with Crippen molar-refractivity contribution in [2.75, 3.05) is 14.2 Å². The SMILES string of the molecule is COc1ccc(-c2noc(COC(=O)c3csc(-c4cccs4)n3)n2)cc1OC. The number of esters is 1. The van der Waals surface area contributed by atoms with Crippen LogP contribution >= 0.6 is 22.7 Å². The van der Waals surface area contributed by atoms with Gasteiger partial charge in [0.05, 0.1) is 19.1 Å². The Bertz CT molecular complexity index is 1120. The van der Waals surface area contributed by atoms with Gasteiger partial charge in [-0.1, -0.05) is 11.2 Å². The van der Waals surface area contributed by atoms with Crippen LogP contribution in [0, 0.1) is 0 Å². The van der Waals surface area contributed by atoms with Crippen LogP contribution in [0.15, 0.2) is 45.6 Å². The van der Waals surface area contributed by atoms with Crippen LogP contribution in [0.3, 0.4) is 0 Å². The largest absolute Gasteiger partial charge is 0.493 e. The fourth-order valence-electron chi connectivity index (χ4n) is 2.49. The molecular weight excluding hydrogens is 414 g/mol. The molecule has 4 aromatic rings. The van der Waals surface area contributed by atoms with Gasteiger partial charge in [0.2, 0.25) is 5.82 Å². The average Bonchev–Trinajstić information content (AvgIpc) is 3.52. The summed E-state index contributed by atoms with van der Waals surface area (Å²) in [5.41, 5.74) is 0.932. The van der Waals surface area contributed by atoms with Gasteiger partial charge in [0.1, 0.15) is 5.01 Å². The number of rotatable bonds is 7. The minimum atomic E-state index is -0.546. The van der Waals surface area contributed by atoms with Crippen molar-refractivity contribution in [2.24, 2.45) is 0 Å². The molecule has 0 saturated heterocycles. The van der Waals surface area contributed by atoms with Gasteiger partial charge in [-0.3, -0.25) is 0 Å². The monoisotopic (exact) mass is 429 g/mol. The summed E-state index contributed by atoms with van der Waals surface area (Å²) in [5.74, 6) is 1.13. The van der Waals surface area contributed by atoms with Crippen molar-refractivity contribution >= 4 is 28.6 Å². The van der Waals surface area contributed by atoms with Crippen LogP contribution in [-0.4, -0.2) is 35.3 Å². The minimum absolute atomic E-state index is 0.148. The molecule has 0 aliphatic heterocycles. The molecule has 1 aromatic carbocycles. The second-order valence-corrected chi connectivity index (χ2v) is 7.48. The number of carbonyl (C=O) groups is 1. The van der Waals surface area contributed by atoms with Gasteiger partial charge in [0.15, 0.2) is 23.8 Å². The highest BCUT2D eigenvalue weighted by Crippen LogP contribution is 2.31. The van der Waals surface area contributed by atoms with E-state index < -0.39 is 5.97 Å². The second-order valence-electron chi connectivity index (χ2n) is 5.67. The summed E-state index contributed by atoms with van der Waals surface area (Å²) in [6.07, 6.45) is 0. The van der Waals surface area contributed by atoms with E-state index in [-0.39, 0.29) is 18.2 Å². The zero-order chi connectivity index (χ0) is 20.2. The smallest absolute Gasteiger partial charge is 0.358 e. The van der Waals surface area contributed by atoms with Gasteiger partial charge in [0, 0.05) is 10.9 Å². The van der Waals surface area contributed by atoms with E-state index in [9.17, 15) is 4.79 Å². The topological polar surface area (TPSA) is 96.6 Å². The summed E-state index contributed by atoms with van der Waals surface area (Å²) in [5, 5.41) is 8.32. The number of thiophene rings is 1. The van der Waals surface area contributed by atoms with Crippen molar-refractivity contribution in [3.8, 4) is 32.8 Å². The van der Waals surface area contributed by atoms with E-state index in [1.807, 2.05) is 17.5 Å². The number of carbonyl (C=O) groups excluding carboxylic acids is 1. The zero-order valence-corrected chi connectivity index (χ0v) is 17.1. The van der Waals surface area contributed by atoms with Gasteiger partial charge >= 0.3 is 5.97 Å². The quantitative estimate of drug-likeness (QED) is 0.401. The highest BCUT2D eigenvalue weighted by molar-refractivity contribution is 7.20. The van der Waals surface area contributed by atoms with E-state index in [1.165, 1.54) is 11.3 Å². The van der Waals surface area contributed by atoms with E-state index in [1.54, 1.807) is 49.1 Å². The average molecular weight is 429 g/mol. The van der Waals surface area contributed by atoms with Crippen LogP contribution in [-0.2, 0) is 11.3 Å². The normalized spacial score (nSPS) is 10.7. The Morgan fingerprint density at radius 1 is 1.10 bits per heavy atom. The molecule has 4 rings (SSSR count). The zero-order valence-electron chi connectivity index (χ0n) is 15.4. The Hall–Kier alpha value is -3.24. The van der Waals surface area contributed by atoms with Crippen molar-refractivity contribution in [2.45, 2.75) is 6.61 Å².